The van der Waals surface area contributed by atoms with Gasteiger partial charge in [-0.3, -0.25) is 19.9 Å². The number of anilines is 1. The number of hydrogen-bond acceptors (Lipinski definition) is 8. The van der Waals surface area contributed by atoms with Gasteiger partial charge in [-0.25, -0.2) is 10.5 Å². The van der Waals surface area contributed by atoms with Gasteiger partial charge in [-0.2, -0.15) is 0 Å². The number of pyridine rings is 1. The number of hydrazone groups is 1. The Labute approximate surface area is 182 Å². The van der Waals surface area contributed by atoms with E-state index in [0.29, 0.717) is 0 Å². The molecule has 15 heteroatoms. The average molecular weight is 478 g/mol. The number of ether oxygens (including phenoxy) is 1. The second kappa shape index (κ2) is 8.83. The highest BCUT2D eigenvalue weighted by Gasteiger charge is 2.34. The van der Waals surface area contributed by atoms with Crippen LogP contribution in [-0.2, 0) is 0 Å². The van der Waals surface area contributed by atoms with E-state index in [9.17, 15) is 22.8 Å². The highest BCUT2D eigenvalue weighted by molar-refractivity contribution is 6.37. The Bertz CT molecular complexity index is 1050. The molecule has 1 aromatic heterocycles. The highest BCUT2D eigenvalue weighted by atomic mass is 35.5. The van der Waals surface area contributed by atoms with Crippen LogP contribution in [0.5, 0.6) is 5.75 Å². The number of rotatable bonds is 4. The molecule has 2 heterocycles. The zero-order valence-electron chi connectivity index (χ0n) is 15.3. The van der Waals surface area contributed by atoms with Gasteiger partial charge in [0, 0.05) is 13.2 Å². The van der Waals surface area contributed by atoms with Crippen molar-refractivity contribution in [3.8, 4) is 5.75 Å². The van der Waals surface area contributed by atoms with Crippen molar-refractivity contribution in [2.45, 2.75) is 6.36 Å². The van der Waals surface area contributed by atoms with Gasteiger partial charge in [0.15, 0.2) is 5.75 Å². The van der Waals surface area contributed by atoms with E-state index in [1.807, 2.05) is 0 Å². The van der Waals surface area contributed by atoms with Gasteiger partial charge in [-0.15, -0.1) is 23.8 Å². The number of halogens is 5. The Morgan fingerprint density at radius 1 is 1.13 bits per heavy atom. The molecule has 0 aliphatic carbocycles. The summed E-state index contributed by atoms with van der Waals surface area (Å²) < 4.78 is 42.4. The molecule has 31 heavy (non-hydrogen) atoms. The Hall–Kier alpha value is -3.29. The van der Waals surface area contributed by atoms with Gasteiger partial charge >= 0.3 is 6.36 Å². The Kier molecular flexibility index (Phi) is 6.38. The molecule has 0 spiro atoms. The molecule has 1 aromatic carbocycles. The molecule has 0 fully saturated rings. The predicted octanol–water partition coefficient (Wildman–Crippen LogP) is 2.49. The number of carbonyl (C=O) groups excluding carboxylic acids is 2. The first kappa shape index (κ1) is 22.4. The number of alkyl halides is 3. The summed E-state index contributed by atoms with van der Waals surface area (Å²) in [4.78, 5) is 28.8. The smallest absolute Gasteiger partial charge is 0.404 e. The molecule has 0 saturated carbocycles. The molecule has 1 aliphatic heterocycles. The fourth-order valence-corrected chi connectivity index (χ4v) is 2.71. The second-order valence-electron chi connectivity index (χ2n) is 5.84. The number of hydrazine groups is 2. The number of guanidine groups is 1. The fourth-order valence-electron chi connectivity index (χ4n) is 2.31. The maximum absolute atomic E-state index is 12.8. The van der Waals surface area contributed by atoms with E-state index < -0.39 is 34.6 Å². The van der Waals surface area contributed by atoms with E-state index in [1.54, 1.807) is 0 Å². The van der Waals surface area contributed by atoms with E-state index in [2.05, 4.69) is 36.5 Å². The monoisotopic (exact) mass is 477 g/mol. The van der Waals surface area contributed by atoms with Gasteiger partial charge in [0.2, 0.25) is 5.96 Å². The lowest BCUT2D eigenvalue weighted by molar-refractivity contribution is -0.274. The minimum absolute atomic E-state index is 0.0626. The van der Waals surface area contributed by atoms with Gasteiger partial charge < -0.3 is 10.1 Å². The van der Waals surface area contributed by atoms with Crippen LogP contribution in [0.1, 0.15) is 20.8 Å². The lowest BCUT2D eigenvalue weighted by Crippen LogP contribution is -2.45. The lowest BCUT2D eigenvalue weighted by Gasteiger charge is -2.18. The SMILES string of the molecule is CN1NNN=C1NC(=O)c1ccc(OC(F)(F)F)c(NC(=O)c2ccc(Cl)cn2)c1Cl. The molecule has 0 radical (unpaired) electrons. The van der Waals surface area contributed by atoms with Crippen molar-refractivity contribution in [2.75, 3.05) is 12.4 Å². The predicted molar refractivity (Wildman–Crippen MR) is 104 cm³/mol. The minimum atomic E-state index is -5.08. The number of benzene rings is 1. The quantitative estimate of drug-likeness (QED) is 0.533. The zero-order valence-corrected chi connectivity index (χ0v) is 16.9. The van der Waals surface area contributed by atoms with Crippen LogP contribution in [0.25, 0.3) is 0 Å². The van der Waals surface area contributed by atoms with Crippen LogP contribution in [-0.4, -0.2) is 41.2 Å². The van der Waals surface area contributed by atoms with Crippen LogP contribution in [0.15, 0.2) is 35.6 Å². The highest BCUT2D eigenvalue weighted by Crippen LogP contribution is 2.38. The van der Waals surface area contributed by atoms with E-state index in [4.69, 9.17) is 23.2 Å². The molecule has 2 aromatic rings. The average Bonchev–Trinajstić information content (AvgIpc) is 3.08. The van der Waals surface area contributed by atoms with E-state index in [1.165, 1.54) is 30.4 Å². The summed E-state index contributed by atoms with van der Waals surface area (Å²) in [7, 11) is 1.53. The van der Waals surface area contributed by atoms with Crippen LogP contribution in [0, 0.1) is 0 Å². The maximum Gasteiger partial charge on any atom is 0.573 e. The summed E-state index contributed by atoms with van der Waals surface area (Å²) in [6, 6.07) is 4.46. The number of nitrogens with one attached hydrogen (secondary N) is 4. The van der Waals surface area contributed by atoms with Crippen LogP contribution in [0.4, 0.5) is 18.9 Å². The van der Waals surface area contributed by atoms with E-state index in [0.717, 1.165) is 12.1 Å². The number of amides is 2. The molecule has 4 N–H and O–H groups in total. The second-order valence-corrected chi connectivity index (χ2v) is 6.65. The topological polar surface area (TPSA) is 120 Å². The van der Waals surface area contributed by atoms with Crippen molar-refractivity contribution >= 4 is 46.7 Å². The van der Waals surface area contributed by atoms with E-state index >= 15 is 0 Å². The molecular weight excluding hydrogens is 466 g/mol. The van der Waals surface area contributed by atoms with Crippen molar-refractivity contribution in [2.24, 2.45) is 5.10 Å². The summed E-state index contributed by atoms with van der Waals surface area (Å²) >= 11 is 11.9. The number of nitrogens with zero attached hydrogens (tertiary/aromatic N) is 3. The third-order valence-electron chi connectivity index (χ3n) is 3.70. The minimum Gasteiger partial charge on any atom is -0.404 e. The normalized spacial score (nSPS) is 13.4. The molecule has 1 aliphatic rings. The van der Waals surface area contributed by atoms with Crippen molar-refractivity contribution < 1.29 is 27.5 Å². The Morgan fingerprint density at radius 2 is 1.87 bits per heavy atom. The van der Waals surface area contributed by atoms with Crippen LogP contribution < -0.4 is 26.4 Å². The first-order chi connectivity index (χ1) is 14.5. The van der Waals surface area contributed by atoms with Gasteiger partial charge in [0.25, 0.3) is 11.8 Å². The van der Waals surface area contributed by atoms with Gasteiger partial charge in [0.05, 0.1) is 15.6 Å². The Morgan fingerprint density at radius 3 is 2.45 bits per heavy atom. The molecule has 0 bridgehead atoms. The third kappa shape index (κ3) is 5.45. The molecule has 0 unspecified atom stereocenters. The molecule has 0 atom stereocenters. The number of carbonyl (C=O) groups is 2. The van der Waals surface area contributed by atoms with Crippen molar-refractivity contribution in [1.82, 2.24) is 26.4 Å². The molecule has 2 amide bonds. The zero-order chi connectivity index (χ0) is 22.8. The maximum atomic E-state index is 12.8. The van der Waals surface area contributed by atoms with Crippen LogP contribution in [0.2, 0.25) is 10.0 Å². The summed E-state index contributed by atoms with van der Waals surface area (Å²) in [5.41, 5.74) is 3.95. The van der Waals surface area contributed by atoms with Gasteiger partial charge in [0.1, 0.15) is 11.4 Å². The lowest BCUT2D eigenvalue weighted by atomic mass is 10.1. The van der Waals surface area contributed by atoms with Crippen molar-refractivity contribution in [1.29, 1.82) is 0 Å². The summed E-state index contributed by atoms with van der Waals surface area (Å²) in [6.45, 7) is 0. The summed E-state index contributed by atoms with van der Waals surface area (Å²) in [5, 5.41) is 9.40. The molecule has 10 nitrogen and oxygen atoms in total. The molecule has 3 rings (SSSR count). The van der Waals surface area contributed by atoms with E-state index in [-0.39, 0.29) is 22.2 Å². The summed E-state index contributed by atoms with van der Waals surface area (Å²) in [6.07, 6.45) is -3.90. The van der Waals surface area contributed by atoms with Crippen molar-refractivity contribution in [3.05, 3.63) is 51.8 Å². The van der Waals surface area contributed by atoms with Gasteiger partial charge in [-0.05, 0) is 24.3 Å². The van der Waals surface area contributed by atoms with Gasteiger partial charge in [-0.1, -0.05) is 23.2 Å². The fraction of sp³-hybridized carbons (Fsp3) is 0.125. The first-order valence-electron chi connectivity index (χ1n) is 8.19. The largest absolute Gasteiger partial charge is 0.573 e. The summed E-state index contributed by atoms with van der Waals surface area (Å²) in [5.74, 6) is -2.47. The molecule has 0 saturated heterocycles. The van der Waals surface area contributed by atoms with Crippen LogP contribution >= 0.6 is 23.2 Å². The first-order valence-corrected chi connectivity index (χ1v) is 8.95. The van der Waals surface area contributed by atoms with Crippen LogP contribution in [0.3, 0.4) is 0 Å². The molecule has 164 valence electrons. The third-order valence-corrected chi connectivity index (χ3v) is 4.31. The number of hydrogen-bond donors (Lipinski definition) is 4. The molecular formula is C16H12Cl2F3N7O3. The standard InChI is InChI=1S/C16H12Cl2F3N7O3/c1-28-15(25-26-27-28)24-13(29)8-3-5-10(31-16(19,20)21)12(11(8)18)23-14(30)9-4-2-7(17)6-22-9/h2-6,26-27H,1H3,(H,23,30)(H,24,25,29). The Balaban J connectivity index is 1.95. The van der Waals surface area contributed by atoms with Crippen molar-refractivity contribution in [3.63, 3.8) is 0 Å². The number of aromatic nitrogens is 1.